The SMILES string of the molecule is CCO/C=C(C)/C=N/O.CCO/C=C(C)/C=N/OC. The highest BCUT2D eigenvalue weighted by Gasteiger charge is 1.81. The number of nitrogens with zero attached hydrogens (tertiary/aromatic N) is 2. The number of ether oxygens (including phenoxy) is 2. The van der Waals surface area contributed by atoms with Gasteiger partial charge >= 0.3 is 0 Å². The van der Waals surface area contributed by atoms with Crippen molar-refractivity contribution in [2.24, 2.45) is 10.3 Å². The first-order chi connectivity index (χ1) is 9.12. The Bertz CT molecular complexity index is 310. The van der Waals surface area contributed by atoms with Gasteiger partial charge in [-0.3, -0.25) is 0 Å². The summed E-state index contributed by atoms with van der Waals surface area (Å²) in [5.41, 5.74) is 1.73. The van der Waals surface area contributed by atoms with E-state index in [1.165, 1.54) is 13.3 Å². The molecule has 19 heavy (non-hydrogen) atoms. The monoisotopic (exact) mass is 272 g/mol. The van der Waals surface area contributed by atoms with Gasteiger partial charge in [0.25, 0.3) is 0 Å². The third-order valence-corrected chi connectivity index (χ3v) is 1.49. The normalized spacial score (nSPS) is 12.3. The van der Waals surface area contributed by atoms with Crippen molar-refractivity contribution >= 4 is 12.4 Å². The molecular weight excluding hydrogens is 248 g/mol. The number of hydrogen-bond acceptors (Lipinski definition) is 6. The van der Waals surface area contributed by atoms with Crippen molar-refractivity contribution in [2.45, 2.75) is 27.7 Å². The minimum Gasteiger partial charge on any atom is -0.501 e. The Balaban J connectivity index is 0. The molecule has 0 saturated heterocycles. The van der Waals surface area contributed by atoms with Crippen molar-refractivity contribution in [3.8, 4) is 0 Å². The van der Waals surface area contributed by atoms with E-state index in [2.05, 4.69) is 15.1 Å². The summed E-state index contributed by atoms with van der Waals surface area (Å²) in [6.07, 6.45) is 6.09. The highest BCUT2D eigenvalue weighted by Crippen LogP contribution is 1.88. The molecule has 0 amide bonds. The van der Waals surface area contributed by atoms with Gasteiger partial charge in [-0.05, 0) is 27.7 Å². The molecule has 0 heterocycles. The molecule has 6 nitrogen and oxygen atoms in total. The molecule has 0 spiro atoms. The molecule has 110 valence electrons. The Morgan fingerprint density at radius 1 is 1.00 bits per heavy atom. The van der Waals surface area contributed by atoms with Gasteiger partial charge in [-0.1, -0.05) is 10.3 Å². The lowest BCUT2D eigenvalue weighted by atomic mass is 10.4. The van der Waals surface area contributed by atoms with Gasteiger partial charge < -0.3 is 19.5 Å². The molecule has 0 aliphatic heterocycles. The van der Waals surface area contributed by atoms with Crippen molar-refractivity contribution in [1.29, 1.82) is 0 Å². The predicted molar refractivity (Wildman–Crippen MR) is 76.5 cm³/mol. The minimum absolute atomic E-state index is 0.636. The van der Waals surface area contributed by atoms with Gasteiger partial charge in [0.2, 0.25) is 0 Å². The van der Waals surface area contributed by atoms with Crippen molar-refractivity contribution in [2.75, 3.05) is 20.3 Å². The number of rotatable bonds is 7. The average molecular weight is 272 g/mol. The molecule has 1 N–H and O–H groups in total. The fraction of sp³-hybridized carbons (Fsp3) is 0.538. The molecular formula is C13H24N2O4. The van der Waals surface area contributed by atoms with Crippen LogP contribution < -0.4 is 0 Å². The lowest BCUT2D eigenvalue weighted by Crippen LogP contribution is -1.83. The van der Waals surface area contributed by atoms with Gasteiger partial charge in [-0.15, -0.1) is 0 Å². The van der Waals surface area contributed by atoms with Crippen LogP contribution in [-0.2, 0) is 14.3 Å². The summed E-state index contributed by atoms with van der Waals surface area (Å²) >= 11 is 0. The van der Waals surface area contributed by atoms with E-state index in [1.54, 1.807) is 25.7 Å². The van der Waals surface area contributed by atoms with Crippen molar-refractivity contribution in [3.63, 3.8) is 0 Å². The minimum atomic E-state index is 0.636. The van der Waals surface area contributed by atoms with Crippen LogP contribution in [0, 0.1) is 0 Å². The fourth-order valence-corrected chi connectivity index (χ4v) is 0.717. The van der Waals surface area contributed by atoms with Crippen LogP contribution in [0.15, 0.2) is 34.0 Å². The second-order valence-corrected chi connectivity index (χ2v) is 3.30. The van der Waals surface area contributed by atoms with Gasteiger partial charge in [-0.25, -0.2) is 0 Å². The average Bonchev–Trinajstić information content (AvgIpc) is 2.41. The van der Waals surface area contributed by atoms with E-state index < -0.39 is 0 Å². The molecule has 0 bridgehead atoms. The summed E-state index contributed by atoms with van der Waals surface area (Å²) in [6, 6.07) is 0. The second kappa shape index (κ2) is 16.0. The zero-order valence-corrected chi connectivity index (χ0v) is 12.3. The van der Waals surface area contributed by atoms with Crippen LogP contribution >= 0.6 is 0 Å². The number of allylic oxidation sites excluding steroid dienone is 2. The Morgan fingerprint density at radius 2 is 1.47 bits per heavy atom. The van der Waals surface area contributed by atoms with E-state index in [0.717, 1.165) is 11.1 Å². The Morgan fingerprint density at radius 3 is 1.84 bits per heavy atom. The maximum absolute atomic E-state index is 8.01. The van der Waals surface area contributed by atoms with Crippen LogP contribution in [0.3, 0.4) is 0 Å². The van der Waals surface area contributed by atoms with E-state index in [-0.39, 0.29) is 0 Å². The van der Waals surface area contributed by atoms with Gasteiger partial charge in [0.15, 0.2) is 0 Å². The molecule has 0 aliphatic rings. The van der Waals surface area contributed by atoms with Crippen molar-refractivity contribution in [1.82, 2.24) is 0 Å². The van der Waals surface area contributed by atoms with E-state index in [4.69, 9.17) is 14.7 Å². The predicted octanol–water partition coefficient (Wildman–Crippen LogP) is 2.95. The molecule has 0 aromatic carbocycles. The van der Waals surface area contributed by atoms with E-state index in [0.29, 0.717) is 13.2 Å². The maximum atomic E-state index is 8.01. The summed E-state index contributed by atoms with van der Waals surface area (Å²) < 4.78 is 9.87. The van der Waals surface area contributed by atoms with Crippen LogP contribution in [-0.4, -0.2) is 38.0 Å². The van der Waals surface area contributed by atoms with Crippen LogP contribution in [0.25, 0.3) is 0 Å². The summed E-state index contributed by atoms with van der Waals surface area (Å²) in [6.45, 7) is 8.81. The topological polar surface area (TPSA) is 72.6 Å². The zero-order chi connectivity index (χ0) is 14.9. The standard InChI is InChI=1S/C7H13NO2.C6H11NO2/c1-4-10-6-7(2)5-8-9-3;1-3-9-5-6(2)4-7-8/h5-6H,4H2,1-3H3;4-5,8H,3H2,1-2H3/b7-6+,8-5+;6-5+,7-4+. The van der Waals surface area contributed by atoms with Gasteiger partial charge in [0.05, 0.1) is 38.2 Å². The van der Waals surface area contributed by atoms with E-state index in [1.807, 2.05) is 20.8 Å². The molecule has 0 atom stereocenters. The van der Waals surface area contributed by atoms with Crippen molar-refractivity contribution < 1.29 is 19.5 Å². The molecule has 0 aromatic rings. The summed E-state index contributed by atoms with van der Waals surface area (Å²) in [4.78, 5) is 4.47. The van der Waals surface area contributed by atoms with Gasteiger partial charge in [-0.2, -0.15) is 0 Å². The van der Waals surface area contributed by atoms with Crippen molar-refractivity contribution in [3.05, 3.63) is 23.7 Å². The highest BCUT2D eigenvalue weighted by atomic mass is 16.6. The molecule has 0 aromatic heterocycles. The first kappa shape index (κ1) is 19.4. The molecule has 0 saturated carbocycles. The lowest BCUT2D eigenvalue weighted by molar-refractivity contribution is 0.215. The van der Waals surface area contributed by atoms with Gasteiger partial charge in [0.1, 0.15) is 7.11 Å². The fourth-order valence-electron chi connectivity index (χ4n) is 0.717. The summed E-state index contributed by atoms with van der Waals surface area (Å²) in [5.74, 6) is 0. The maximum Gasteiger partial charge on any atom is 0.106 e. The zero-order valence-electron chi connectivity index (χ0n) is 12.3. The van der Waals surface area contributed by atoms with E-state index >= 15 is 0 Å². The smallest absolute Gasteiger partial charge is 0.106 e. The Labute approximate surface area is 115 Å². The Hall–Kier alpha value is -1.98. The first-order valence-corrected chi connectivity index (χ1v) is 5.92. The molecule has 0 radical (unpaired) electrons. The van der Waals surface area contributed by atoms with E-state index in [9.17, 15) is 0 Å². The number of oxime groups is 2. The second-order valence-electron chi connectivity index (χ2n) is 3.30. The van der Waals surface area contributed by atoms with Gasteiger partial charge in [0, 0.05) is 11.1 Å². The quantitative estimate of drug-likeness (QED) is 0.335. The highest BCUT2D eigenvalue weighted by molar-refractivity contribution is 5.76. The molecule has 0 unspecified atom stereocenters. The van der Waals surface area contributed by atoms with Crippen LogP contribution in [0.5, 0.6) is 0 Å². The largest absolute Gasteiger partial charge is 0.501 e. The van der Waals surface area contributed by atoms with Crippen LogP contribution in [0.1, 0.15) is 27.7 Å². The van der Waals surface area contributed by atoms with Crippen LogP contribution in [0.4, 0.5) is 0 Å². The lowest BCUT2D eigenvalue weighted by Gasteiger charge is -1.93. The molecule has 6 heteroatoms. The third-order valence-electron chi connectivity index (χ3n) is 1.49. The molecule has 0 rings (SSSR count). The summed E-state index contributed by atoms with van der Waals surface area (Å²) in [5, 5.41) is 14.4. The molecule has 0 fully saturated rings. The molecule has 0 aliphatic carbocycles. The number of hydrogen-bond donors (Lipinski definition) is 1. The van der Waals surface area contributed by atoms with Crippen LogP contribution in [0.2, 0.25) is 0 Å². The first-order valence-electron chi connectivity index (χ1n) is 5.92. The Kier molecular flexibility index (Phi) is 16.3. The summed E-state index contributed by atoms with van der Waals surface area (Å²) in [7, 11) is 1.50. The third kappa shape index (κ3) is 18.6.